The van der Waals surface area contributed by atoms with Gasteiger partial charge in [0.2, 0.25) is 0 Å². The number of likely N-dealkylation sites (tertiary alicyclic amines) is 1. The van der Waals surface area contributed by atoms with Gasteiger partial charge in [0, 0.05) is 6.04 Å². The fraction of sp³-hybridized carbons (Fsp3) is 0.611. The Morgan fingerprint density at radius 1 is 1.00 bits per heavy atom. The Morgan fingerprint density at radius 3 is 2.25 bits per heavy atom. The fourth-order valence-corrected chi connectivity index (χ4v) is 3.97. The second kappa shape index (κ2) is 5.97. The molecule has 0 unspecified atom stereocenters. The van der Waals surface area contributed by atoms with Gasteiger partial charge in [-0.1, -0.05) is 36.8 Å². The van der Waals surface area contributed by atoms with Gasteiger partial charge in [0.15, 0.2) is 0 Å². The van der Waals surface area contributed by atoms with E-state index in [1.54, 1.807) is 0 Å². The highest BCUT2D eigenvalue weighted by molar-refractivity contribution is 5.33. The summed E-state index contributed by atoms with van der Waals surface area (Å²) in [6.07, 6.45) is 8.53. The second-order valence-corrected chi connectivity index (χ2v) is 6.39. The monoisotopic (exact) mass is 268 g/mol. The van der Waals surface area contributed by atoms with Crippen molar-refractivity contribution in [3.05, 3.63) is 35.9 Å². The first-order valence-corrected chi connectivity index (χ1v) is 8.05. The van der Waals surface area contributed by atoms with Crippen LogP contribution in [0.4, 0.5) is 0 Å². The van der Waals surface area contributed by atoms with Crippen LogP contribution in [-0.2, 0) is 5.41 Å². The van der Waals surface area contributed by atoms with Gasteiger partial charge < -0.3 is 4.90 Å². The lowest BCUT2D eigenvalue weighted by Crippen LogP contribution is -2.44. The van der Waals surface area contributed by atoms with Crippen LogP contribution < -0.4 is 0 Å². The Bertz CT molecular complexity index is 460. The van der Waals surface area contributed by atoms with Crippen molar-refractivity contribution in [1.29, 1.82) is 5.26 Å². The molecule has 1 aliphatic carbocycles. The molecule has 0 radical (unpaired) electrons. The summed E-state index contributed by atoms with van der Waals surface area (Å²) in [6.45, 7) is 2.55. The van der Waals surface area contributed by atoms with E-state index >= 15 is 0 Å². The van der Waals surface area contributed by atoms with Gasteiger partial charge in [-0.15, -0.1) is 0 Å². The van der Waals surface area contributed by atoms with Gasteiger partial charge in [0.05, 0.1) is 11.5 Å². The summed E-state index contributed by atoms with van der Waals surface area (Å²) in [7, 11) is 0. The predicted molar refractivity (Wildman–Crippen MR) is 81.4 cm³/mol. The molecular formula is C18H24N2. The third-order valence-electron chi connectivity index (χ3n) is 5.26. The molecule has 2 aliphatic rings. The minimum absolute atomic E-state index is 0.229. The topological polar surface area (TPSA) is 27.0 Å². The van der Waals surface area contributed by atoms with E-state index in [1.165, 1.54) is 50.8 Å². The molecule has 1 aromatic rings. The number of nitrogens with zero attached hydrogens (tertiary/aromatic N) is 2. The maximum Gasteiger partial charge on any atom is 0.0823 e. The van der Waals surface area contributed by atoms with Crippen molar-refractivity contribution in [3.63, 3.8) is 0 Å². The largest absolute Gasteiger partial charge is 0.300 e. The summed E-state index contributed by atoms with van der Waals surface area (Å²) >= 11 is 0. The third-order valence-corrected chi connectivity index (χ3v) is 5.26. The van der Waals surface area contributed by atoms with E-state index in [4.69, 9.17) is 0 Å². The number of piperidine rings is 1. The lowest BCUT2D eigenvalue weighted by molar-refractivity contribution is 0.115. The number of hydrogen-bond acceptors (Lipinski definition) is 2. The molecule has 2 nitrogen and oxygen atoms in total. The molecule has 0 spiro atoms. The number of benzene rings is 1. The zero-order chi connectivity index (χ0) is 13.8. The molecule has 0 bridgehead atoms. The van der Waals surface area contributed by atoms with Crippen LogP contribution in [0.2, 0.25) is 0 Å². The van der Waals surface area contributed by atoms with Crippen LogP contribution in [-0.4, -0.2) is 24.0 Å². The molecule has 0 amide bonds. The van der Waals surface area contributed by atoms with Gasteiger partial charge >= 0.3 is 0 Å². The van der Waals surface area contributed by atoms with Crippen molar-refractivity contribution in [1.82, 2.24) is 4.90 Å². The Balaban J connectivity index is 1.68. The minimum atomic E-state index is -0.229. The average molecular weight is 268 g/mol. The van der Waals surface area contributed by atoms with E-state index in [2.05, 4.69) is 35.2 Å². The number of rotatable bonds is 2. The van der Waals surface area contributed by atoms with Gasteiger partial charge in [-0.2, -0.15) is 5.26 Å². The molecule has 0 atom stereocenters. The number of hydrogen-bond donors (Lipinski definition) is 0. The first kappa shape index (κ1) is 13.6. The second-order valence-electron chi connectivity index (χ2n) is 6.39. The van der Waals surface area contributed by atoms with Gasteiger partial charge in [0.1, 0.15) is 0 Å². The fourth-order valence-electron chi connectivity index (χ4n) is 3.97. The van der Waals surface area contributed by atoms with Crippen molar-refractivity contribution in [3.8, 4) is 6.07 Å². The maximum absolute atomic E-state index is 9.73. The number of nitriles is 1. The first-order valence-electron chi connectivity index (χ1n) is 8.05. The van der Waals surface area contributed by atoms with Crippen molar-refractivity contribution < 1.29 is 0 Å². The van der Waals surface area contributed by atoms with Crippen LogP contribution in [0.5, 0.6) is 0 Å². The molecule has 0 aromatic heterocycles. The van der Waals surface area contributed by atoms with E-state index < -0.39 is 0 Å². The molecule has 2 fully saturated rings. The Labute approximate surface area is 122 Å². The molecule has 1 saturated heterocycles. The quantitative estimate of drug-likeness (QED) is 0.814. The lowest BCUT2D eigenvalue weighted by Gasteiger charge is -2.41. The highest BCUT2D eigenvalue weighted by Gasteiger charge is 2.38. The Morgan fingerprint density at radius 2 is 1.65 bits per heavy atom. The molecule has 106 valence electrons. The first-order chi connectivity index (χ1) is 9.84. The third kappa shape index (κ3) is 2.60. The van der Waals surface area contributed by atoms with E-state index in [0.717, 1.165) is 18.9 Å². The molecular weight excluding hydrogens is 244 g/mol. The van der Waals surface area contributed by atoms with Crippen molar-refractivity contribution in [2.24, 2.45) is 0 Å². The lowest BCUT2D eigenvalue weighted by atomic mass is 9.69. The Hall–Kier alpha value is -1.33. The standard InChI is InChI=1S/C18H24N2/c19-15-18(16-7-3-1-4-8-16)11-9-17(10-12-18)20-13-5-2-6-14-20/h1,3-4,7-8,17H,2,5-6,9-14H2. The molecule has 2 heteroatoms. The van der Waals surface area contributed by atoms with E-state index in [-0.39, 0.29) is 5.41 Å². The van der Waals surface area contributed by atoms with Gasteiger partial charge in [-0.3, -0.25) is 0 Å². The van der Waals surface area contributed by atoms with Crippen LogP contribution in [0.1, 0.15) is 50.5 Å². The van der Waals surface area contributed by atoms with Crippen molar-refractivity contribution in [2.45, 2.75) is 56.4 Å². The van der Waals surface area contributed by atoms with Crippen LogP contribution in [0.3, 0.4) is 0 Å². The summed E-state index contributed by atoms with van der Waals surface area (Å²) < 4.78 is 0. The molecule has 1 aliphatic heterocycles. The zero-order valence-electron chi connectivity index (χ0n) is 12.2. The average Bonchev–Trinajstić information content (AvgIpc) is 2.56. The zero-order valence-corrected chi connectivity index (χ0v) is 12.2. The minimum Gasteiger partial charge on any atom is -0.300 e. The molecule has 1 heterocycles. The molecule has 1 saturated carbocycles. The molecule has 20 heavy (non-hydrogen) atoms. The molecule has 0 N–H and O–H groups in total. The maximum atomic E-state index is 9.73. The summed E-state index contributed by atoms with van der Waals surface area (Å²) in [5.74, 6) is 0. The summed E-state index contributed by atoms with van der Waals surface area (Å²) in [6, 6.07) is 13.8. The smallest absolute Gasteiger partial charge is 0.0823 e. The highest BCUT2D eigenvalue weighted by atomic mass is 15.2. The molecule has 3 rings (SSSR count). The van der Waals surface area contributed by atoms with Crippen LogP contribution in [0.15, 0.2) is 30.3 Å². The SMILES string of the molecule is N#CC1(c2ccccc2)CCC(N2CCCCC2)CC1. The van der Waals surface area contributed by atoms with Gasteiger partial charge in [-0.05, 0) is 57.2 Å². The van der Waals surface area contributed by atoms with Crippen LogP contribution in [0, 0.1) is 11.3 Å². The Kier molecular flexibility index (Phi) is 4.08. The van der Waals surface area contributed by atoms with Crippen LogP contribution in [0.25, 0.3) is 0 Å². The van der Waals surface area contributed by atoms with Crippen molar-refractivity contribution in [2.75, 3.05) is 13.1 Å². The summed E-state index contributed by atoms with van der Waals surface area (Å²) in [5.41, 5.74) is 0.993. The van der Waals surface area contributed by atoms with E-state index in [0.29, 0.717) is 0 Å². The van der Waals surface area contributed by atoms with Crippen molar-refractivity contribution >= 4 is 0 Å². The van der Waals surface area contributed by atoms with Crippen LogP contribution >= 0.6 is 0 Å². The molecule has 1 aromatic carbocycles. The predicted octanol–water partition coefficient (Wildman–Crippen LogP) is 3.88. The summed E-state index contributed by atoms with van der Waals surface area (Å²) in [4.78, 5) is 2.68. The highest BCUT2D eigenvalue weighted by Crippen LogP contribution is 2.40. The summed E-state index contributed by atoms with van der Waals surface area (Å²) in [5, 5.41) is 9.73. The van der Waals surface area contributed by atoms with Gasteiger partial charge in [0.25, 0.3) is 0 Å². The van der Waals surface area contributed by atoms with E-state index in [1.807, 2.05) is 6.07 Å². The van der Waals surface area contributed by atoms with E-state index in [9.17, 15) is 5.26 Å². The van der Waals surface area contributed by atoms with Gasteiger partial charge in [-0.25, -0.2) is 0 Å². The normalized spacial score (nSPS) is 31.6.